The van der Waals surface area contributed by atoms with Gasteiger partial charge >= 0.3 is 5.97 Å². The maximum absolute atomic E-state index is 13.0. The largest absolute Gasteiger partial charge is 0.506 e. The number of carbonyl (C=O) groups is 1. The molecule has 2 aromatic rings. The summed E-state index contributed by atoms with van der Waals surface area (Å²) in [6.07, 6.45) is 1.89. The zero-order chi connectivity index (χ0) is 20.2. The summed E-state index contributed by atoms with van der Waals surface area (Å²) in [4.78, 5) is 13.0. The fourth-order valence-corrected chi connectivity index (χ4v) is 3.77. The van der Waals surface area contributed by atoms with E-state index in [-0.39, 0.29) is 28.0 Å². The van der Waals surface area contributed by atoms with Gasteiger partial charge in [-0.05, 0) is 63.8 Å². The molecule has 0 radical (unpaired) electrons. The van der Waals surface area contributed by atoms with Crippen LogP contribution in [0.25, 0.3) is 5.57 Å². The predicted molar refractivity (Wildman–Crippen MR) is 108 cm³/mol. The van der Waals surface area contributed by atoms with Gasteiger partial charge in [-0.25, -0.2) is 4.79 Å². The van der Waals surface area contributed by atoms with E-state index in [4.69, 9.17) is 32.7 Å². The number of hydrogen-bond donors (Lipinski definition) is 1. The van der Waals surface area contributed by atoms with Crippen LogP contribution in [0.3, 0.4) is 0 Å². The number of carbonyl (C=O) groups excluding carboxylic acids is 1. The van der Waals surface area contributed by atoms with E-state index >= 15 is 0 Å². The van der Waals surface area contributed by atoms with Crippen LogP contribution in [0.15, 0.2) is 6.08 Å². The lowest BCUT2D eigenvalue weighted by atomic mass is 9.94. The second kappa shape index (κ2) is 6.77. The van der Waals surface area contributed by atoms with Crippen molar-refractivity contribution in [2.75, 3.05) is 0 Å². The molecule has 6 heteroatoms. The fourth-order valence-electron chi connectivity index (χ4n) is 3.13. The van der Waals surface area contributed by atoms with Gasteiger partial charge in [0.2, 0.25) is 0 Å². The molecule has 142 valence electrons. The Morgan fingerprint density at radius 1 is 0.889 bits per heavy atom. The van der Waals surface area contributed by atoms with Crippen molar-refractivity contribution < 1.29 is 19.4 Å². The molecular weight excluding hydrogens is 387 g/mol. The van der Waals surface area contributed by atoms with E-state index in [0.717, 1.165) is 11.1 Å². The van der Waals surface area contributed by atoms with Gasteiger partial charge in [0.25, 0.3) is 0 Å². The Bertz CT molecular complexity index is 1040. The molecule has 1 aliphatic heterocycles. The second-order valence-corrected chi connectivity index (χ2v) is 7.43. The second-order valence-electron chi connectivity index (χ2n) is 6.68. The minimum absolute atomic E-state index is 0.00724. The monoisotopic (exact) mass is 406 g/mol. The van der Waals surface area contributed by atoms with Gasteiger partial charge < -0.3 is 14.6 Å². The molecule has 0 spiro atoms. The number of rotatable bonds is 1. The number of aromatic hydroxyl groups is 1. The minimum Gasteiger partial charge on any atom is -0.506 e. The predicted octanol–water partition coefficient (Wildman–Crippen LogP) is 6.68. The third-order valence-corrected chi connectivity index (χ3v) is 6.07. The van der Waals surface area contributed by atoms with Crippen molar-refractivity contribution in [3.05, 3.63) is 49.5 Å². The number of ether oxygens (including phenoxy) is 2. The Morgan fingerprint density at radius 3 is 2.11 bits per heavy atom. The molecule has 0 amide bonds. The lowest BCUT2D eigenvalue weighted by molar-refractivity contribution is 0.0735. The SMILES string of the molecule is C/C=C(\C)c1c(Cl)c(C)c(C)c2c1Oc1c(Cl)c(O)c(C)c(C)c1OC2=O. The number of hydrogen-bond acceptors (Lipinski definition) is 4. The first kappa shape index (κ1) is 19.6. The summed E-state index contributed by atoms with van der Waals surface area (Å²) >= 11 is 12.9. The number of allylic oxidation sites excluding steroid dienone is 2. The topological polar surface area (TPSA) is 55.8 Å². The van der Waals surface area contributed by atoms with Gasteiger partial charge in [0.1, 0.15) is 16.3 Å². The van der Waals surface area contributed by atoms with Crippen molar-refractivity contribution >= 4 is 34.7 Å². The van der Waals surface area contributed by atoms with E-state index in [1.165, 1.54) is 0 Å². The number of phenols is 1. The average Bonchev–Trinajstić information content (AvgIpc) is 2.79. The molecule has 0 unspecified atom stereocenters. The summed E-state index contributed by atoms with van der Waals surface area (Å²) < 4.78 is 11.8. The van der Waals surface area contributed by atoms with E-state index in [2.05, 4.69) is 0 Å². The van der Waals surface area contributed by atoms with Crippen LogP contribution < -0.4 is 9.47 Å². The van der Waals surface area contributed by atoms with Gasteiger partial charge in [-0.3, -0.25) is 0 Å². The number of esters is 1. The van der Waals surface area contributed by atoms with Gasteiger partial charge in [-0.1, -0.05) is 29.3 Å². The number of halogens is 2. The van der Waals surface area contributed by atoms with Gasteiger partial charge in [-0.15, -0.1) is 0 Å². The van der Waals surface area contributed by atoms with E-state index < -0.39 is 5.97 Å². The van der Waals surface area contributed by atoms with Gasteiger partial charge in [0.05, 0.1) is 5.02 Å². The third-order valence-electron chi connectivity index (χ3n) is 5.24. The lowest BCUT2D eigenvalue weighted by Gasteiger charge is -2.19. The van der Waals surface area contributed by atoms with Crippen molar-refractivity contribution in [2.24, 2.45) is 0 Å². The summed E-state index contributed by atoms with van der Waals surface area (Å²) in [7, 11) is 0. The molecule has 27 heavy (non-hydrogen) atoms. The first-order valence-electron chi connectivity index (χ1n) is 8.49. The van der Waals surface area contributed by atoms with Crippen LogP contribution in [-0.4, -0.2) is 11.1 Å². The quantitative estimate of drug-likeness (QED) is 0.423. The Hall–Kier alpha value is -2.17. The number of fused-ring (bicyclic) bond motifs is 2. The normalized spacial score (nSPS) is 13.5. The third kappa shape index (κ3) is 2.79. The molecule has 0 saturated heterocycles. The lowest BCUT2D eigenvalue weighted by Crippen LogP contribution is -2.12. The molecule has 0 atom stereocenters. The first-order valence-corrected chi connectivity index (χ1v) is 9.24. The highest BCUT2D eigenvalue weighted by molar-refractivity contribution is 6.35. The number of benzene rings is 2. The van der Waals surface area contributed by atoms with Crippen molar-refractivity contribution in [1.82, 2.24) is 0 Å². The molecule has 1 heterocycles. The smallest absolute Gasteiger partial charge is 0.347 e. The molecule has 0 saturated carbocycles. The molecule has 0 aliphatic carbocycles. The highest BCUT2D eigenvalue weighted by atomic mass is 35.5. The maximum Gasteiger partial charge on any atom is 0.347 e. The van der Waals surface area contributed by atoms with E-state index in [1.54, 1.807) is 20.8 Å². The molecular formula is C21H20Cl2O4. The van der Waals surface area contributed by atoms with Crippen LogP contribution in [0.2, 0.25) is 10.0 Å². The zero-order valence-electron chi connectivity index (χ0n) is 16.0. The molecule has 1 N–H and O–H groups in total. The molecule has 0 fully saturated rings. The standard InChI is InChI=1S/C21H20Cl2O4/c1-7-8(2)13-15(22)10(4)9(3)14-19(13)26-20-16(23)17(24)11(5)12(6)18(20)27-21(14)25/h7,24H,1-6H3/b8-7+. The first-order chi connectivity index (χ1) is 12.6. The van der Waals surface area contributed by atoms with Gasteiger partial charge in [-0.2, -0.15) is 0 Å². The Morgan fingerprint density at radius 2 is 1.52 bits per heavy atom. The Balaban J connectivity index is 2.46. The fraction of sp³-hybridized carbons (Fsp3) is 0.286. The van der Waals surface area contributed by atoms with Crippen molar-refractivity contribution in [3.8, 4) is 23.0 Å². The Kier molecular flexibility index (Phi) is 4.91. The van der Waals surface area contributed by atoms with Crippen LogP contribution in [-0.2, 0) is 0 Å². The van der Waals surface area contributed by atoms with E-state index in [1.807, 2.05) is 26.8 Å². The molecule has 2 aromatic carbocycles. The van der Waals surface area contributed by atoms with Gasteiger partial charge in [0, 0.05) is 11.1 Å². The summed E-state index contributed by atoms with van der Waals surface area (Å²) in [5.41, 5.74) is 4.32. The van der Waals surface area contributed by atoms with E-state index in [9.17, 15) is 9.90 Å². The molecule has 1 aliphatic rings. The van der Waals surface area contributed by atoms with Crippen LogP contribution in [0.4, 0.5) is 0 Å². The van der Waals surface area contributed by atoms with Crippen molar-refractivity contribution in [1.29, 1.82) is 0 Å². The average molecular weight is 407 g/mol. The van der Waals surface area contributed by atoms with E-state index in [0.29, 0.717) is 32.8 Å². The molecule has 4 nitrogen and oxygen atoms in total. The van der Waals surface area contributed by atoms with Crippen LogP contribution in [0.5, 0.6) is 23.0 Å². The Labute approximate surface area is 168 Å². The molecule has 0 aromatic heterocycles. The molecule has 0 bridgehead atoms. The van der Waals surface area contributed by atoms with Crippen LogP contribution in [0.1, 0.15) is 52.0 Å². The molecule has 3 rings (SSSR count). The summed E-state index contributed by atoms with van der Waals surface area (Å²) in [6.45, 7) is 10.8. The highest BCUT2D eigenvalue weighted by Crippen LogP contribution is 2.53. The summed E-state index contributed by atoms with van der Waals surface area (Å²) in [6, 6.07) is 0. The minimum atomic E-state index is -0.546. The summed E-state index contributed by atoms with van der Waals surface area (Å²) in [5.74, 6) is -0.0586. The zero-order valence-corrected chi connectivity index (χ0v) is 17.5. The maximum atomic E-state index is 13.0. The van der Waals surface area contributed by atoms with Gasteiger partial charge in [0.15, 0.2) is 17.2 Å². The van der Waals surface area contributed by atoms with Crippen LogP contribution in [0, 0.1) is 27.7 Å². The summed E-state index contributed by atoms with van der Waals surface area (Å²) in [5, 5.41) is 10.8. The van der Waals surface area contributed by atoms with Crippen LogP contribution >= 0.6 is 23.2 Å². The number of phenolic OH excluding ortho intramolecular Hbond substituents is 1. The van der Waals surface area contributed by atoms with Crippen molar-refractivity contribution in [2.45, 2.75) is 41.5 Å². The highest BCUT2D eigenvalue weighted by Gasteiger charge is 2.34. The van der Waals surface area contributed by atoms with Crippen molar-refractivity contribution in [3.63, 3.8) is 0 Å².